The van der Waals surface area contributed by atoms with Gasteiger partial charge < -0.3 is 11.1 Å². The number of benzene rings is 1. The minimum atomic E-state index is -0.0212. The van der Waals surface area contributed by atoms with Crippen LogP contribution in [0.25, 0.3) is 6.08 Å². The minimum Gasteiger partial charge on any atom is -0.399 e. The lowest BCUT2D eigenvalue weighted by Crippen LogP contribution is -2.34. The van der Waals surface area contributed by atoms with Crippen LogP contribution < -0.4 is 11.1 Å². The van der Waals surface area contributed by atoms with Gasteiger partial charge in [0.1, 0.15) is 0 Å². The predicted molar refractivity (Wildman–Crippen MR) is 84.1 cm³/mol. The van der Waals surface area contributed by atoms with Crippen molar-refractivity contribution in [3.8, 4) is 0 Å². The first-order chi connectivity index (χ1) is 9.63. The first-order valence-corrected chi connectivity index (χ1v) is 7.45. The van der Waals surface area contributed by atoms with E-state index in [1.807, 2.05) is 24.3 Å². The Morgan fingerprint density at radius 2 is 2.15 bits per heavy atom. The summed E-state index contributed by atoms with van der Waals surface area (Å²) in [5.74, 6) is -0.0212. The molecule has 1 amide bonds. The summed E-state index contributed by atoms with van der Waals surface area (Å²) < 4.78 is 0. The van der Waals surface area contributed by atoms with E-state index in [0.717, 1.165) is 18.5 Å². The van der Waals surface area contributed by atoms with E-state index in [4.69, 9.17) is 5.73 Å². The van der Waals surface area contributed by atoms with Crippen LogP contribution in [0, 0.1) is 5.41 Å². The summed E-state index contributed by atoms with van der Waals surface area (Å²) in [6, 6.07) is 7.51. The van der Waals surface area contributed by atoms with Gasteiger partial charge in [0, 0.05) is 18.3 Å². The third kappa shape index (κ3) is 3.86. The Bertz CT molecular complexity index is 488. The Morgan fingerprint density at radius 1 is 1.40 bits per heavy atom. The maximum atomic E-state index is 11.9. The molecule has 0 aliphatic heterocycles. The topological polar surface area (TPSA) is 55.1 Å². The van der Waals surface area contributed by atoms with Crippen molar-refractivity contribution in [1.82, 2.24) is 5.32 Å². The van der Waals surface area contributed by atoms with E-state index < -0.39 is 0 Å². The molecule has 1 fully saturated rings. The van der Waals surface area contributed by atoms with Gasteiger partial charge in [-0.3, -0.25) is 4.79 Å². The summed E-state index contributed by atoms with van der Waals surface area (Å²) in [6.45, 7) is 3.02. The molecular formula is C17H24N2O. The summed E-state index contributed by atoms with van der Waals surface area (Å²) >= 11 is 0. The molecule has 1 saturated carbocycles. The molecule has 108 valence electrons. The maximum absolute atomic E-state index is 11.9. The maximum Gasteiger partial charge on any atom is 0.244 e. The molecule has 0 saturated heterocycles. The molecule has 3 N–H and O–H groups in total. The second-order valence-electron chi connectivity index (χ2n) is 5.78. The number of hydrogen-bond donors (Lipinski definition) is 2. The molecule has 0 heterocycles. The summed E-state index contributed by atoms with van der Waals surface area (Å²) in [6.07, 6.45) is 9.61. The molecule has 0 bridgehead atoms. The lowest BCUT2D eigenvalue weighted by molar-refractivity contribution is -0.116. The van der Waals surface area contributed by atoms with E-state index in [2.05, 4.69) is 12.2 Å². The molecule has 1 aromatic rings. The van der Waals surface area contributed by atoms with Crippen molar-refractivity contribution in [2.24, 2.45) is 5.41 Å². The lowest BCUT2D eigenvalue weighted by atomic mass is 9.83. The van der Waals surface area contributed by atoms with E-state index in [0.29, 0.717) is 11.1 Å². The van der Waals surface area contributed by atoms with Gasteiger partial charge in [-0.15, -0.1) is 0 Å². The predicted octanol–water partition coefficient (Wildman–Crippen LogP) is 3.37. The van der Waals surface area contributed by atoms with Gasteiger partial charge in [-0.05, 0) is 48.4 Å². The average Bonchev–Trinajstić information content (AvgIpc) is 2.92. The molecule has 0 spiro atoms. The Hall–Kier alpha value is -1.77. The normalized spacial score (nSPS) is 17.4. The van der Waals surface area contributed by atoms with Crippen LogP contribution in [0.4, 0.5) is 5.69 Å². The smallest absolute Gasteiger partial charge is 0.244 e. The van der Waals surface area contributed by atoms with Crippen LogP contribution in [0.2, 0.25) is 0 Å². The monoisotopic (exact) mass is 272 g/mol. The molecule has 1 aromatic carbocycles. The Balaban J connectivity index is 1.86. The zero-order valence-electron chi connectivity index (χ0n) is 12.2. The number of nitrogens with one attached hydrogen (secondary N) is 1. The SMILES string of the molecule is CCC1(CNC(=O)/C=C/c2cccc(N)c2)CCCC1. The minimum absolute atomic E-state index is 0.0212. The number of hydrogen-bond acceptors (Lipinski definition) is 2. The van der Waals surface area contributed by atoms with Crippen LogP contribution in [0.15, 0.2) is 30.3 Å². The second-order valence-corrected chi connectivity index (χ2v) is 5.78. The lowest BCUT2D eigenvalue weighted by Gasteiger charge is -2.27. The van der Waals surface area contributed by atoms with Crippen molar-refractivity contribution in [3.05, 3.63) is 35.9 Å². The summed E-state index contributed by atoms with van der Waals surface area (Å²) in [7, 11) is 0. The molecule has 0 aromatic heterocycles. The van der Waals surface area contributed by atoms with Crippen molar-refractivity contribution in [1.29, 1.82) is 0 Å². The standard InChI is InChI=1S/C17H24N2O/c1-2-17(10-3-4-11-17)13-19-16(20)9-8-14-6-5-7-15(18)12-14/h5-9,12H,2-4,10-11,13,18H2,1H3,(H,19,20)/b9-8+. The molecule has 2 rings (SSSR count). The van der Waals surface area contributed by atoms with Crippen molar-refractivity contribution in [3.63, 3.8) is 0 Å². The molecular weight excluding hydrogens is 248 g/mol. The van der Waals surface area contributed by atoms with Crippen LogP contribution >= 0.6 is 0 Å². The Kier molecular flexibility index (Phi) is 4.83. The largest absolute Gasteiger partial charge is 0.399 e. The van der Waals surface area contributed by atoms with Gasteiger partial charge in [0.25, 0.3) is 0 Å². The number of carbonyl (C=O) groups is 1. The van der Waals surface area contributed by atoms with E-state index in [1.165, 1.54) is 25.7 Å². The number of nitrogen functional groups attached to an aromatic ring is 1. The highest BCUT2D eigenvalue weighted by Gasteiger charge is 2.31. The number of rotatable bonds is 5. The highest BCUT2D eigenvalue weighted by Crippen LogP contribution is 2.40. The molecule has 0 unspecified atom stereocenters. The summed E-state index contributed by atoms with van der Waals surface area (Å²) in [5, 5.41) is 3.04. The zero-order valence-corrected chi connectivity index (χ0v) is 12.2. The van der Waals surface area contributed by atoms with Gasteiger partial charge in [0.2, 0.25) is 5.91 Å². The van der Waals surface area contributed by atoms with Gasteiger partial charge >= 0.3 is 0 Å². The van der Waals surface area contributed by atoms with Crippen LogP contribution in [-0.4, -0.2) is 12.5 Å². The molecule has 20 heavy (non-hydrogen) atoms. The summed E-state index contributed by atoms with van der Waals surface area (Å²) in [4.78, 5) is 11.9. The van der Waals surface area contributed by atoms with E-state index in [9.17, 15) is 4.79 Å². The van der Waals surface area contributed by atoms with Crippen molar-refractivity contribution in [2.45, 2.75) is 39.0 Å². The van der Waals surface area contributed by atoms with E-state index >= 15 is 0 Å². The highest BCUT2D eigenvalue weighted by molar-refractivity contribution is 5.91. The van der Waals surface area contributed by atoms with E-state index in [-0.39, 0.29) is 5.91 Å². The summed E-state index contributed by atoms with van der Waals surface area (Å²) in [5.41, 5.74) is 7.70. The molecule has 1 aliphatic rings. The first kappa shape index (κ1) is 14.6. The van der Waals surface area contributed by atoms with Crippen molar-refractivity contribution in [2.75, 3.05) is 12.3 Å². The molecule has 0 radical (unpaired) electrons. The Morgan fingerprint density at radius 3 is 2.80 bits per heavy atom. The first-order valence-electron chi connectivity index (χ1n) is 7.45. The third-order valence-corrected chi connectivity index (χ3v) is 4.39. The quantitative estimate of drug-likeness (QED) is 0.638. The molecule has 3 heteroatoms. The van der Waals surface area contributed by atoms with Gasteiger partial charge in [0.05, 0.1) is 0 Å². The van der Waals surface area contributed by atoms with Gasteiger partial charge in [-0.25, -0.2) is 0 Å². The number of amides is 1. The molecule has 0 atom stereocenters. The molecule has 3 nitrogen and oxygen atoms in total. The average molecular weight is 272 g/mol. The van der Waals surface area contributed by atoms with Gasteiger partial charge in [-0.1, -0.05) is 31.9 Å². The van der Waals surface area contributed by atoms with Crippen molar-refractivity contribution < 1.29 is 4.79 Å². The number of anilines is 1. The van der Waals surface area contributed by atoms with Gasteiger partial charge in [0.15, 0.2) is 0 Å². The van der Waals surface area contributed by atoms with Crippen LogP contribution in [0.3, 0.4) is 0 Å². The highest BCUT2D eigenvalue weighted by atomic mass is 16.1. The zero-order chi connectivity index (χ0) is 14.4. The third-order valence-electron chi connectivity index (χ3n) is 4.39. The number of nitrogens with two attached hydrogens (primary N) is 1. The van der Waals surface area contributed by atoms with Gasteiger partial charge in [-0.2, -0.15) is 0 Å². The fourth-order valence-electron chi connectivity index (χ4n) is 2.95. The van der Waals surface area contributed by atoms with Crippen LogP contribution in [0.1, 0.15) is 44.6 Å². The van der Waals surface area contributed by atoms with Crippen LogP contribution in [0.5, 0.6) is 0 Å². The Labute approximate surface area is 121 Å². The fraction of sp³-hybridized carbons (Fsp3) is 0.471. The fourth-order valence-corrected chi connectivity index (χ4v) is 2.95. The van der Waals surface area contributed by atoms with Crippen molar-refractivity contribution >= 4 is 17.7 Å². The van der Waals surface area contributed by atoms with E-state index in [1.54, 1.807) is 12.2 Å². The second kappa shape index (κ2) is 6.60. The number of carbonyl (C=O) groups excluding carboxylic acids is 1. The molecule has 1 aliphatic carbocycles. The van der Waals surface area contributed by atoms with Crippen LogP contribution in [-0.2, 0) is 4.79 Å².